The summed E-state index contributed by atoms with van der Waals surface area (Å²) in [5.74, 6) is 3.22. The van der Waals surface area contributed by atoms with Gasteiger partial charge in [0.2, 0.25) is 0 Å². The fourth-order valence-corrected chi connectivity index (χ4v) is 9.26. The molecule has 0 bridgehead atoms. The Labute approximate surface area is 396 Å². The zero-order valence-electron chi connectivity index (χ0n) is 38.6. The maximum absolute atomic E-state index is 15.9. The maximum atomic E-state index is 15.9. The van der Waals surface area contributed by atoms with Crippen LogP contribution in [0.4, 0.5) is 15.9 Å². The van der Waals surface area contributed by atoms with Crippen molar-refractivity contribution in [2.24, 2.45) is 0 Å². The number of para-hydroxylation sites is 1. The monoisotopic (exact) mass is 960 g/mol. The quantitative estimate of drug-likeness (QED) is 0.0894. The van der Waals surface area contributed by atoms with Crippen molar-refractivity contribution in [1.29, 1.82) is 0 Å². The van der Waals surface area contributed by atoms with Crippen molar-refractivity contribution in [3.8, 4) is 22.9 Å². The van der Waals surface area contributed by atoms with E-state index in [4.69, 9.17) is 35.5 Å². The van der Waals surface area contributed by atoms with Gasteiger partial charge in [0.15, 0.2) is 6.17 Å². The van der Waals surface area contributed by atoms with Crippen molar-refractivity contribution in [2.45, 2.75) is 65.1 Å². The molecule has 8 rings (SSSR count). The van der Waals surface area contributed by atoms with E-state index in [1.165, 1.54) is 16.7 Å². The van der Waals surface area contributed by atoms with Gasteiger partial charge in [-0.3, -0.25) is 0 Å². The molecule has 0 N–H and O–H groups in total. The Morgan fingerprint density at radius 3 is 1.98 bits per heavy atom. The molecule has 8 nitrogen and oxygen atoms in total. The molecule has 2 heterocycles. The second-order valence-electron chi connectivity index (χ2n) is 16.9. The van der Waals surface area contributed by atoms with Gasteiger partial charge in [-0.05, 0) is 104 Å². The summed E-state index contributed by atoms with van der Waals surface area (Å²) in [6.07, 6.45) is 0.875. The van der Waals surface area contributed by atoms with Crippen LogP contribution in [0.2, 0.25) is 5.02 Å². The number of fused-ring (bicyclic) bond motifs is 2. The van der Waals surface area contributed by atoms with Crippen LogP contribution in [0.3, 0.4) is 0 Å². The van der Waals surface area contributed by atoms with Gasteiger partial charge in [-0.2, -0.15) is 5.12 Å². The molecule has 7 aromatic rings. The third-order valence-corrected chi connectivity index (χ3v) is 13.1. The first-order valence-electron chi connectivity index (χ1n) is 22.1. The van der Waals surface area contributed by atoms with Crippen LogP contribution in [0.15, 0.2) is 126 Å². The number of aromatic nitrogens is 2. The Morgan fingerprint density at radius 2 is 1.32 bits per heavy atom. The van der Waals surface area contributed by atoms with Crippen LogP contribution in [0, 0.1) is 0 Å². The molecule has 65 heavy (non-hydrogen) atoms. The number of ether oxygens (including phenoxy) is 4. The molecule has 0 saturated carbocycles. The highest BCUT2D eigenvalue weighted by molar-refractivity contribution is 9.10. The van der Waals surface area contributed by atoms with Gasteiger partial charge >= 0.3 is 0 Å². The topological polar surface area (TPSA) is 61.2 Å². The normalized spacial score (nSPS) is 13.4. The van der Waals surface area contributed by atoms with Crippen molar-refractivity contribution >= 4 is 49.9 Å². The number of imidazole rings is 1. The van der Waals surface area contributed by atoms with Gasteiger partial charge in [-0.25, -0.2) is 4.98 Å². The molecule has 6 aromatic carbocycles. The molecule has 1 unspecified atom stereocenters. The SMILES string of the molecule is COCCN1c2c(OC)cccc2N(F)C1c1ccc(C(C)C)cc1Cc1ccccc1.COCCn1c(-c2ccc(C(C)C)cc2)nc2c(Br)c(Cc3cccc(Cl)c3)cc(OC)c21. The fourth-order valence-electron chi connectivity index (χ4n) is 8.52. The minimum atomic E-state index is -0.587. The molecule has 0 fully saturated rings. The van der Waals surface area contributed by atoms with Gasteiger partial charge < -0.3 is 28.4 Å². The predicted octanol–water partition coefficient (Wildman–Crippen LogP) is 13.8. The first-order chi connectivity index (χ1) is 31.5. The molecular formula is C54H59BrClFN4O4. The number of halogens is 3. The van der Waals surface area contributed by atoms with E-state index >= 15 is 4.48 Å². The molecule has 11 heteroatoms. The highest BCUT2D eigenvalue weighted by Crippen LogP contribution is 2.52. The molecule has 1 aromatic heterocycles. The van der Waals surface area contributed by atoms with Crippen LogP contribution < -0.4 is 19.5 Å². The van der Waals surface area contributed by atoms with Gasteiger partial charge in [0.05, 0.1) is 33.1 Å². The Morgan fingerprint density at radius 1 is 0.677 bits per heavy atom. The summed E-state index contributed by atoms with van der Waals surface area (Å²) >= 11 is 10.1. The fraction of sp³-hybridized carbons (Fsp3) is 0.315. The lowest BCUT2D eigenvalue weighted by Gasteiger charge is -2.31. The van der Waals surface area contributed by atoms with Crippen molar-refractivity contribution in [3.05, 3.63) is 170 Å². The number of rotatable bonds is 16. The average molecular weight is 962 g/mol. The van der Waals surface area contributed by atoms with Crippen LogP contribution in [0.25, 0.3) is 22.4 Å². The van der Waals surface area contributed by atoms with Crippen LogP contribution in [-0.2, 0) is 28.9 Å². The van der Waals surface area contributed by atoms with E-state index in [1.807, 2.05) is 48.5 Å². The lowest BCUT2D eigenvalue weighted by atomic mass is 9.92. The Hall–Kier alpha value is -5.39. The number of hydrogen-bond acceptors (Lipinski definition) is 7. The molecule has 0 spiro atoms. The summed E-state index contributed by atoms with van der Waals surface area (Å²) in [6, 6.07) is 41.0. The maximum Gasteiger partial charge on any atom is 0.159 e. The first kappa shape index (κ1) is 47.6. The van der Waals surface area contributed by atoms with Crippen molar-refractivity contribution in [1.82, 2.24) is 9.55 Å². The first-order valence-corrected chi connectivity index (χ1v) is 23.3. The molecule has 1 aliphatic rings. The smallest absolute Gasteiger partial charge is 0.159 e. The van der Waals surface area contributed by atoms with Crippen molar-refractivity contribution < 1.29 is 23.4 Å². The molecule has 0 aliphatic carbocycles. The summed E-state index contributed by atoms with van der Waals surface area (Å²) in [7, 11) is 6.71. The van der Waals surface area contributed by atoms with E-state index < -0.39 is 6.17 Å². The van der Waals surface area contributed by atoms with Gasteiger partial charge in [0.25, 0.3) is 0 Å². The van der Waals surface area contributed by atoms with Crippen LogP contribution in [0.5, 0.6) is 11.5 Å². The van der Waals surface area contributed by atoms with Crippen LogP contribution >= 0.6 is 27.5 Å². The van der Waals surface area contributed by atoms with Gasteiger partial charge in [0.1, 0.15) is 34.0 Å². The minimum Gasteiger partial charge on any atom is -0.494 e. The molecule has 0 saturated heterocycles. The lowest BCUT2D eigenvalue weighted by Crippen LogP contribution is -2.35. The number of nitrogens with zero attached hydrogens (tertiary/aromatic N) is 4. The minimum absolute atomic E-state index is 0.394. The van der Waals surface area contributed by atoms with Crippen LogP contribution in [-0.4, -0.2) is 57.7 Å². The highest BCUT2D eigenvalue weighted by atomic mass is 79.9. The summed E-state index contributed by atoms with van der Waals surface area (Å²) in [5, 5.41) is 1.60. The Balaban J connectivity index is 0.000000194. The van der Waals surface area contributed by atoms with Crippen molar-refractivity contribution in [2.75, 3.05) is 58.2 Å². The number of methoxy groups -OCH3 is 4. The lowest BCUT2D eigenvalue weighted by molar-refractivity contribution is 0.188. The van der Waals surface area contributed by atoms with E-state index in [0.29, 0.717) is 49.6 Å². The molecule has 0 amide bonds. The van der Waals surface area contributed by atoms with E-state index in [-0.39, 0.29) is 0 Å². The van der Waals surface area contributed by atoms with Gasteiger partial charge in [0, 0.05) is 47.9 Å². The Kier molecular flexibility index (Phi) is 15.9. The number of hydrogen-bond donors (Lipinski definition) is 0. The molecule has 0 radical (unpaired) electrons. The van der Waals surface area contributed by atoms with Gasteiger partial charge in [-0.15, -0.1) is 0 Å². The third kappa shape index (κ3) is 10.5. The Bertz CT molecular complexity index is 2690. The van der Waals surface area contributed by atoms with E-state index in [2.05, 4.69) is 120 Å². The number of anilines is 2. The molecule has 340 valence electrons. The zero-order chi connectivity index (χ0) is 46.2. The van der Waals surface area contributed by atoms with E-state index in [9.17, 15) is 0 Å². The summed E-state index contributed by atoms with van der Waals surface area (Å²) in [5.41, 5.74) is 12.3. The second-order valence-corrected chi connectivity index (χ2v) is 18.1. The highest BCUT2D eigenvalue weighted by Gasteiger charge is 2.40. The second kappa shape index (κ2) is 21.7. The standard InChI is InChI=1S/C27H28BrClN2O2.C27H31FN2O2/c1-17(2)19-8-10-20(11-9-19)27-30-25-24(28)21(14-18-6-5-7-22(29)15-18)16-23(33-4)26(25)31(27)12-13-32-3;1-19(2)21-13-14-23(22(18-21)17-20-9-6-5-7-10-20)27-29(15-16-31-3)26-24(30(27)28)11-8-12-25(26)32-4/h5-11,15-17H,12-14H2,1-4H3;5-14,18-19,27H,15-17H2,1-4H3. The van der Waals surface area contributed by atoms with Crippen molar-refractivity contribution in [3.63, 3.8) is 0 Å². The molecular weight excluding hydrogens is 903 g/mol. The summed E-state index contributed by atoms with van der Waals surface area (Å²) in [6.45, 7) is 11.1. The van der Waals surface area contributed by atoms with Crippen LogP contribution in [0.1, 0.15) is 84.6 Å². The summed E-state index contributed by atoms with van der Waals surface area (Å²) < 4.78 is 41.3. The summed E-state index contributed by atoms with van der Waals surface area (Å²) in [4.78, 5) is 7.14. The average Bonchev–Trinajstić information content (AvgIpc) is 3.84. The van der Waals surface area contributed by atoms with E-state index in [0.717, 1.165) is 83.6 Å². The molecule has 1 aliphatic heterocycles. The zero-order valence-corrected chi connectivity index (χ0v) is 40.9. The number of benzene rings is 6. The van der Waals surface area contributed by atoms with E-state index in [1.54, 1.807) is 34.5 Å². The molecule has 1 atom stereocenters. The predicted molar refractivity (Wildman–Crippen MR) is 268 cm³/mol. The largest absolute Gasteiger partial charge is 0.494 e. The third-order valence-electron chi connectivity index (χ3n) is 12.0. The van der Waals surface area contributed by atoms with Gasteiger partial charge in [-0.1, -0.05) is 135 Å².